The van der Waals surface area contributed by atoms with Crippen LogP contribution in [-0.2, 0) is 11.2 Å². The van der Waals surface area contributed by atoms with Crippen molar-refractivity contribution in [2.75, 3.05) is 13.2 Å². The summed E-state index contributed by atoms with van der Waals surface area (Å²) >= 11 is 5.76. The summed E-state index contributed by atoms with van der Waals surface area (Å²) in [6.45, 7) is 5.06. The Bertz CT molecular complexity index is 250. The minimum atomic E-state index is -0.204. The minimum Gasteiger partial charge on any atom is -0.381 e. The molecule has 0 bridgehead atoms. The van der Waals surface area contributed by atoms with E-state index in [0.29, 0.717) is 31.3 Å². The number of aromatic nitrogens is 2. The predicted octanol–water partition coefficient (Wildman–Crippen LogP) is 1.95. The monoisotopic (exact) mass is 204 g/mol. The molecule has 0 aliphatic heterocycles. The van der Waals surface area contributed by atoms with Crippen molar-refractivity contribution in [1.29, 1.82) is 0 Å². The first-order valence-electron chi connectivity index (χ1n) is 4.28. The van der Waals surface area contributed by atoms with Crippen LogP contribution in [0.15, 0.2) is 4.52 Å². The Kier molecular flexibility index (Phi) is 4.18. The second kappa shape index (κ2) is 5.19. The van der Waals surface area contributed by atoms with Gasteiger partial charge in [0.15, 0.2) is 5.82 Å². The Balaban J connectivity index is 2.40. The van der Waals surface area contributed by atoms with Gasteiger partial charge in [-0.25, -0.2) is 0 Å². The summed E-state index contributed by atoms with van der Waals surface area (Å²) in [5, 5.41) is 3.52. The third-order valence-electron chi connectivity index (χ3n) is 1.50. The molecule has 1 atom stereocenters. The number of nitrogens with zero attached hydrogens (tertiary/aromatic N) is 2. The van der Waals surface area contributed by atoms with E-state index >= 15 is 0 Å². The van der Waals surface area contributed by atoms with Crippen LogP contribution in [0.3, 0.4) is 0 Å². The van der Waals surface area contributed by atoms with E-state index in [0.717, 1.165) is 0 Å². The molecular weight excluding hydrogens is 192 g/mol. The van der Waals surface area contributed by atoms with Crippen LogP contribution in [0.1, 0.15) is 30.9 Å². The van der Waals surface area contributed by atoms with E-state index in [2.05, 4.69) is 10.1 Å². The standard InChI is InChI=1S/C8H13ClN2O2/c1-3-12-5-4-7-10-8(6(2)9)11-13-7/h6H,3-5H2,1-2H3. The first-order valence-corrected chi connectivity index (χ1v) is 4.72. The fourth-order valence-corrected chi connectivity index (χ4v) is 0.924. The van der Waals surface area contributed by atoms with Crippen LogP contribution >= 0.6 is 11.6 Å². The van der Waals surface area contributed by atoms with E-state index in [4.69, 9.17) is 20.9 Å². The van der Waals surface area contributed by atoms with Crippen LogP contribution in [0.25, 0.3) is 0 Å². The van der Waals surface area contributed by atoms with Crippen molar-refractivity contribution in [3.05, 3.63) is 11.7 Å². The molecule has 0 fully saturated rings. The molecule has 0 aromatic carbocycles. The van der Waals surface area contributed by atoms with Crippen molar-refractivity contribution in [3.63, 3.8) is 0 Å². The second-order valence-corrected chi connectivity index (χ2v) is 3.26. The Morgan fingerprint density at radius 2 is 2.38 bits per heavy atom. The van der Waals surface area contributed by atoms with E-state index in [9.17, 15) is 0 Å². The smallest absolute Gasteiger partial charge is 0.229 e. The zero-order valence-electron chi connectivity index (χ0n) is 7.79. The first-order chi connectivity index (χ1) is 6.24. The molecular formula is C8H13ClN2O2. The number of hydrogen-bond donors (Lipinski definition) is 0. The van der Waals surface area contributed by atoms with Gasteiger partial charge in [-0.15, -0.1) is 11.6 Å². The summed E-state index contributed by atoms with van der Waals surface area (Å²) in [6.07, 6.45) is 0.643. The molecule has 0 radical (unpaired) electrons. The van der Waals surface area contributed by atoms with Gasteiger partial charge in [0, 0.05) is 6.61 Å². The number of ether oxygens (including phenoxy) is 1. The third-order valence-corrected chi connectivity index (χ3v) is 1.70. The Labute approximate surface area is 82.2 Å². The lowest BCUT2D eigenvalue weighted by Gasteiger charge is -1.95. The first kappa shape index (κ1) is 10.5. The molecule has 1 aromatic rings. The van der Waals surface area contributed by atoms with E-state index in [-0.39, 0.29) is 5.38 Å². The molecule has 5 heteroatoms. The minimum absolute atomic E-state index is 0.204. The van der Waals surface area contributed by atoms with Gasteiger partial charge in [-0.3, -0.25) is 0 Å². The fourth-order valence-electron chi connectivity index (χ4n) is 0.835. The van der Waals surface area contributed by atoms with Crippen LogP contribution < -0.4 is 0 Å². The average Bonchev–Trinajstić information content (AvgIpc) is 2.53. The Morgan fingerprint density at radius 3 is 2.92 bits per heavy atom. The molecule has 1 unspecified atom stereocenters. The zero-order chi connectivity index (χ0) is 9.68. The summed E-state index contributed by atoms with van der Waals surface area (Å²) in [5.41, 5.74) is 0. The molecule has 74 valence electrons. The highest BCUT2D eigenvalue weighted by Gasteiger charge is 2.10. The highest BCUT2D eigenvalue weighted by atomic mass is 35.5. The SMILES string of the molecule is CCOCCc1nc(C(C)Cl)no1. The van der Waals surface area contributed by atoms with Crippen molar-refractivity contribution in [2.45, 2.75) is 25.6 Å². The normalized spacial score (nSPS) is 13.2. The highest BCUT2D eigenvalue weighted by Crippen LogP contribution is 2.15. The van der Waals surface area contributed by atoms with Crippen LogP contribution in [0.5, 0.6) is 0 Å². The van der Waals surface area contributed by atoms with Gasteiger partial charge in [0.05, 0.1) is 18.4 Å². The van der Waals surface area contributed by atoms with Gasteiger partial charge >= 0.3 is 0 Å². The van der Waals surface area contributed by atoms with Crippen LogP contribution in [0.4, 0.5) is 0 Å². The fraction of sp³-hybridized carbons (Fsp3) is 0.750. The summed E-state index contributed by atoms with van der Waals surface area (Å²) in [4.78, 5) is 4.09. The van der Waals surface area contributed by atoms with Crippen molar-refractivity contribution < 1.29 is 9.26 Å². The van der Waals surface area contributed by atoms with E-state index in [1.807, 2.05) is 6.92 Å². The molecule has 0 spiro atoms. The lowest BCUT2D eigenvalue weighted by Crippen LogP contribution is -1.98. The van der Waals surface area contributed by atoms with E-state index in [1.165, 1.54) is 0 Å². The van der Waals surface area contributed by atoms with Gasteiger partial charge in [0.1, 0.15) is 0 Å². The molecule has 0 aliphatic rings. The van der Waals surface area contributed by atoms with Crippen molar-refractivity contribution in [1.82, 2.24) is 10.1 Å². The summed E-state index contributed by atoms with van der Waals surface area (Å²) in [6, 6.07) is 0. The number of alkyl halides is 1. The largest absolute Gasteiger partial charge is 0.381 e. The lowest BCUT2D eigenvalue weighted by atomic mass is 10.4. The second-order valence-electron chi connectivity index (χ2n) is 2.61. The predicted molar refractivity (Wildman–Crippen MR) is 48.8 cm³/mol. The maximum atomic E-state index is 5.76. The van der Waals surface area contributed by atoms with Gasteiger partial charge < -0.3 is 9.26 Å². The molecule has 0 saturated heterocycles. The van der Waals surface area contributed by atoms with Crippen molar-refractivity contribution in [3.8, 4) is 0 Å². The average molecular weight is 205 g/mol. The quantitative estimate of drug-likeness (QED) is 0.543. The molecule has 0 saturated carbocycles. The van der Waals surface area contributed by atoms with Gasteiger partial charge in [0.2, 0.25) is 5.89 Å². The van der Waals surface area contributed by atoms with Crippen LogP contribution in [-0.4, -0.2) is 23.4 Å². The highest BCUT2D eigenvalue weighted by molar-refractivity contribution is 6.20. The lowest BCUT2D eigenvalue weighted by molar-refractivity contribution is 0.144. The molecule has 4 nitrogen and oxygen atoms in total. The van der Waals surface area contributed by atoms with Crippen LogP contribution in [0.2, 0.25) is 0 Å². The molecule has 13 heavy (non-hydrogen) atoms. The molecule has 1 aromatic heterocycles. The zero-order valence-corrected chi connectivity index (χ0v) is 8.54. The number of rotatable bonds is 5. The van der Waals surface area contributed by atoms with Crippen molar-refractivity contribution in [2.24, 2.45) is 0 Å². The molecule has 1 rings (SSSR count). The number of hydrogen-bond acceptors (Lipinski definition) is 4. The maximum Gasteiger partial charge on any atom is 0.229 e. The molecule has 1 heterocycles. The van der Waals surface area contributed by atoms with Gasteiger partial charge in [-0.05, 0) is 13.8 Å². The van der Waals surface area contributed by atoms with E-state index in [1.54, 1.807) is 6.92 Å². The molecule has 0 N–H and O–H groups in total. The Hall–Kier alpha value is -0.610. The number of halogens is 1. The third kappa shape index (κ3) is 3.32. The Morgan fingerprint density at radius 1 is 1.62 bits per heavy atom. The van der Waals surface area contributed by atoms with Gasteiger partial charge in [-0.2, -0.15) is 4.98 Å². The van der Waals surface area contributed by atoms with Crippen LogP contribution in [0, 0.1) is 0 Å². The maximum absolute atomic E-state index is 5.76. The molecule has 0 amide bonds. The summed E-state index contributed by atoms with van der Waals surface area (Å²) in [5.74, 6) is 1.11. The van der Waals surface area contributed by atoms with Crippen molar-refractivity contribution >= 4 is 11.6 Å². The van der Waals surface area contributed by atoms with Gasteiger partial charge in [-0.1, -0.05) is 5.16 Å². The molecule has 0 aliphatic carbocycles. The van der Waals surface area contributed by atoms with E-state index < -0.39 is 0 Å². The van der Waals surface area contributed by atoms with Gasteiger partial charge in [0.25, 0.3) is 0 Å². The summed E-state index contributed by atoms with van der Waals surface area (Å²) < 4.78 is 10.1. The topological polar surface area (TPSA) is 48.2 Å². The summed E-state index contributed by atoms with van der Waals surface area (Å²) in [7, 11) is 0.